The van der Waals surface area contributed by atoms with Gasteiger partial charge in [-0.05, 0) is 33.2 Å². The van der Waals surface area contributed by atoms with Gasteiger partial charge in [0.25, 0.3) is 0 Å². The third-order valence-corrected chi connectivity index (χ3v) is 2.89. The van der Waals surface area contributed by atoms with Crippen molar-refractivity contribution < 1.29 is 0 Å². The van der Waals surface area contributed by atoms with E-state index in [1.807, 2.05) is 4.68 Å². The van der Waals surface area contributed by atoms with Gasteiger partial charge in [-0.15, -0.1) is 0 Å². The van der Waals surface area contributed by atoms with Crippen molar-refractivity contribution in [3.63, 3.8) is 0 Å². The van der Waals surface area contributed by atoms with Gasteiger partial charge in [0.15, 0.2) is 0 Å². The van der Waals surface area contributed by atoms with Gasteiger partial charge >= 0.3 is 0 Å². The largest absolute Gasteiger partial charge is 0.314 e. The molecule has 98 valence electrons. The molecule has 1 unspecified atom stereocenters. The molecule has 1 heterocycles. The summed E-state index contributed by atoms with van der Waals surface area (Å²) in [5.41, 5.74) is 0. The highest BCUT2D eigenvalue weighted by Gasteiger charge is 2.13. The van der Waals surface area contributed by atoms with E-state index in [1.165, 1.54) is 19.3 Å². The first-order valence-corrected chi connectivity index (χ1v) is 6.80. The molecule has 0 amide bonds. The molecule has 1 atom stereocenters. The molecule has 0 aromatic carbocycles. The molecule has 0 aliphatic carbocycles. The van der Waals surface area contributed by atoms with E-state index in [9.17, 15) is 0 Å². The quantitative estimate of drug-likeness (QED) is 0.757. The summed E-state index contributed by atoms with van der Waals surface area (Å²) in [5, 5.41) is 7.88. The van der Waals surface area contributed by atoms with Crippen LogP contribution in [0.2, 0.25) is 0 Å². The van der Waals surface area contributed by atoms with E-state index in [4.69, 9.17) is 0 Å². The van der Waals surface area contributed by atoms with Gasteiger partial charge in [0.05, 0.1) is 0 Å². The summed E-state index contributed by atoms with van der Waals surface area (Å²) in [6.45, 7) is 9.81. The van der Waals surface area contributed by atoms with Gasteiger partial charge in [0.1, 0.15) is 12.2 Å². The third-order valence-electron chi connectivity index (χ3n) is 2.89. The standard InChI is InChI=1S/C13H26N4/c1-5-7-12(14-8-6-2)9-13-15-10-16-17(13)11(3)4/h10-12,14H,5-9H2,1-4H3. The summed E-state index contributed by atoms with van der Waals surface area (Å²) >= 11 is 0. The maximum atomic E-state index is 4.38. The summed E-state index contributed by atoms with van der Waals surface area (Å²) in [7, 11) is 0. The highest BCUT2D eigenvalue weighted by Crippen LogP contribution is 2.10. The Morgan fingerprint density at radius 3 is 2.65 bits per heavy atom. The summed E-state index contributed by atoms with van der Waals surface area (Å²) in [6, 6.07) is 0.919. The van der Waals surface area contributed by atoms with Crippen LogP contribution >= 0.6 is 0 Å². The van der Waals surface area contributed by atoms with Gasteiger partial charge in [0, 0.05) is 18.5 Å². The minimum Gasteiger partial charge on any atom is -0.314 e. The number of rotatable bonds is 8. The molecule has 0 fully saturated rings. The first-order chi connectivity index (χ1) is 8.19. The predicted molar refractivity (Wildman–Crippen MR) is 71.1 cm³/mol. The lowest BCUT2D eigenvalue weighted by Gasteiger charge is -2.18. The van der Waals surface area contributed by atoms with Crippen LogP contribution in [0, 0.1) is 0 Å². The summed E-state index contributed by atoms with van der Waals surface area (Å²) in [6.07, 6.45) is 6.23. The van der Waals surface area contributed by atoms with Crippen LogP contribution in [0.3, 0.4) is 0 Å². The Kier molecular flexibility index (Phi) is 6.19. The first-order valence-electron chi connectivity index (χ1n) is 6.80. The molecule has 0 saturated carbocycles. The van der Waals surface area contributed by atoms with Gasteiger partial charge in [0.2, 0.25) is 0 Å². The van der Waals surface area contributed by atoms with E-state index in [0.29, 0.717) is 12.1 Å². The SMILES string of the molecule is CCCNC(CCC)Cc1ncnn1C(C)C. The van der Waals surface area contributed by atoms with E-state index in [1.54, 1.807) is 6.33 Å². The lowest BCUT2D eigenvalue weighted by Crippen LogP contribution is -2.32. The molecule has 0 aliphatic heterocycles. The molecule has 4 nitrogen and oxygen atoms in total. The van der Waals surface area contributed by atoms with Gasteiger partial charge in [-0.25, -0.2) is 9.67 Å². The third kappa shape index (κ3) is 4.46. The maximum Gasteiger partial charge on any atom is 0.138 e. The fourth-order valence-electron chi connectivity index (χ4n) is 2.05. The van der Waals surface area contributed by atoms with Crippen molar-refractivity contribution in [2.75, 3.05) is 6.54 Å². The van der Waals surface area contributed by atoms with E-state index in [0.717, 1.165) is 18.8 Å². The Morgan fingerprint density at radius 2 is 2.06 bits per heavy atom. The highest BCUT2D eigenvalue weighted by molar-refractivity contribution is 4.91. The van der Waals surface area contributed by atoms with Crippen molar-refractivity contribution in [2.24, 2.45) is 0 Å². The Hall–Kier alpha value is -0.900. The summed E-state index contributed by atoms with van der Waals surface area (Å²) in [5.74, 6) is 1.10. The molecule has 17 heavy (non-hydrogen) atoms. The smallest absolute Gasteiger partial charge is 0.138 e. The molecule has 4 heteroatoms. The monoisotopic (exact) mass is 238 g/mol. The van der Waals surface area contributed by atoms with Crippen molar-refractivity contribution in [3.8, 4) is 0 Å². The fourth-order valence-corrected chi connectivity index (χ4v) is 2.05. The zero-order chi connectivity index (χ0) is 12.7. The molecule has 1 aromatic rings. The Morgan fingerprint density at radius 1 is 1.29 bits per heavy atom. The lowest BCUT2D eigenvalue weighted by molar-refractivity contribution is 0.435. The molecule has 0 aliphatic rings. The van der Waals surface area contributed by atoms with Gasteiger partial charge in [-0.3, -0.25) is 0 Å². The number of nitrogens with zero attached hydrogens (tertiary/aromatic N) is 3. The van der Waals surface area contributed by atoms with Crippen LogP contribution in [0.25, 0.3) is 0 Å². The zero-order valence-corrected chi connectivity index (χ0v) is 11.6. The number of nitrogens with one attached hydrogen (secondary N) is 1. The van der Waals surface area contributed by atoms with Crippen LogP contribution in [-0.2, 0) is 6.42 Å². The van der Waals surface area contributed by atoms with Crippen LogP contribution in [0.4, 0.5) is 0 Å². The highest BCUT2D eigenvalue weighted by atomic mass is 15.3. The Balaban J connectivity index is 2.61. The van der Waals surface area contributed by atoms with Crippen molar-refractivity contribution in [1.82, 2.24) is 20.1 Å². The average molecular weight is 238 g/mol. The summed E-state index contributed by atoms with van der Waals surface area (Å²) in [4.78, 5) is 4.38. The van der Waals surface area contributed by atoms with Crippen LogP contribution in [0.5, 0.6) is 0 Å². The maximum absolute atomic E-state index is 4.38. The van der Waals surface area contributed by atoms with Crippen LogP contribution in [0.15, 0.2) is 6.33 Å². The van der Waals surface area contributed by atoms with Crippen LogP contribution < -0.4 is 5.32 Å². The Bertz CT molecular complexity index is 306. The topological polar surface area (TPSA) is 42.7 Å². The molecule has 0 radical (unpaired) electrons. The van der Waals surface area contributed by atoms with Crippen molar-refractivity contribution >= 4 is 0 Å². The van der Waals surface area contributed by atoms with E-state index < -0.39 is 0 Å². The zero-order valence-electron chi connectivity index (χ0n) is 11.6. The van der Waals surface area contributed by atoms with Gasteiger partial charge in [-0.2, -0.15) is 5.10 Å². The molecule has 1 rings (SSSR count). The minimum atomic E-state index is 0.390. The van der Waals surface area contributed by atoms with E-state index in [-0.39, 0.29) is 0 Å². The number of hydrogen-bond acceptors (Lipinski definition) is 3. The fraction of sp³-hybridized carbons (Fsp3) is 0.846. The second-order valence-electron chi connectivity index (χ2n) is 4.86. The van der Waals surface area contributed by atoms with Crippen molar-refractivity contribution in [3.05, 3.63) is 12.2 Å². The van der Waals surface area contributed by atoms with Crippen molar-refractivity contribution in [1.29, 1.82) is 0 Å². The van der Waals surface area contributed by atoms with Gasteiger partial charge < -0.3 is 5.32 Å². The van der Waals surface area contributed by atoms with Gasteiger partial charge in [-0.1, -0.05) is 20.3 Å². The Labute approximate surface area is 105 Å². The molecule has 0 bridgehead atoms. The molecular weight excluding hydrogens is 212 g/mol. The van der Waals surface area contributed by atoms with E-state index >= 15 is 0 Å². The van der Waals surface area contributed by atoms with Crippen molar-refractivity contribution in [2.45, 2.75) is 65.5 Å². The first kappa shape index (κ1) is 14.2. The lowest BCUT2D eigenvalue weighted by atomic mass is 10.1. The number of hydrogen-bond donors (Lipinski definition) is 1. The molecule has 1 N–H and O–H groups in total. The number of aromatic nitrogens is 3. The second kappa shape index (κ2) is 7.43. The average Bonchev–Trinajstić information content (AvgIpc) is 2.74. The summed E-state index contributed by atoms with van der Waals surface area (Å²) < 4.78 is 2.02. The molecular formula is C13H26N4. The molecule has 0 saturated heterocycles. The predicted octanol–water partition coefficient (Wildman–Crippen LogP) is 2.57. The molecule has 1 aromatic heterocycles. The van der Waals surface area contributed by atoms with Crippen LogP contribution in [-0.4, -0.2) is 27.4 Å². The van der Waals surface area contributed by atoms with Crippen LogP contribution in [0.1, 0.15) is 58.8 Å². The normalized spacial score (nSPS) is 13.2. The second-order valence-corrected chi connectivity index (χ2v) is 4.86. The van der Waals surface area contributed by atoms with E-state index in [2.05, 4.69) is 43.1 Å². The molecule has 0 spiro atoms. The minimum absolute atomic E-state index is 0.390.